The van der Waals surface area contributed by atoms with Crippen molar-refractivity contribution in [3.63, 3.8) is 0 Å². The van der Waals surface area contributed by atoms with Gasteiger partial charge in [0.1, 0.15) is 6.54 Å². The molecular formula is C25H34N6O4. The van der Waals surface area contributed by atoms with Crippen molar-refractivity contribution in [2.24, 2.45) is 5.92 Å². The number of ether oxygens (including phenoxy) is 2. The zero-order chi connectivity index (χ0) is 24.9. The summed E-state index contributed by atoms with van der Waals surface area (Å²) in [5.41, 5.74) is 2.49. The Morgan fingerprint density at radius 2 is 2.17 bits per heavy atom. The number of rotatable bonds is 10. The van der Waals surface area contributed by atoms with Gasteiger partial charge in [0.15, 0.2) is 5.82 Å². The molecule has 1 aliphatic rings. The topological polar surface area (TPSA) is 115 Å². The summed E-state index contributed by atoms with van der Waals surface area (Å²) in [7, 11) is 0. The molecule has 0 bridgehead atoms. The largest absolute Gasteiger partial charge is 0.465 e. The Morgan fingerprint density at radius 1 is 1.34 bits per heavy atom. The number of nitrogens with zero attached hydrogens (tertiary/aromatic N) is 5. The lowest BCUT2D eigenvalue weighted by Gasteiger charge is -2.34. The molecule has 10 nitrogen and oxygen atoms in total. The van der Waals surface area contributed by atoms with Crippen molar-refractivity contribution in [3.8, 4) is 0 Å². The number of fused-ring (bicyclic) bond motifs is 1. The van der Waals surface area contributed by atoms with Crippen LogP contribution < -0.4 is 5.56 Å². The zero-order valence-electron chi connectivity index (χ0n) is 20.9. The van der Waals surface area contributed by atoms with Gasteiger partial charge in [-0.05, 0) is 66.6 Å². The minimum absolute atomic E-state index is 0.0624. The Balaban J connectivity index is 1.70. The molecule has 0 spiro atoms. The van der Waals surface area contributed by atoms with E-state index < -0.39 is 5.97 Å². The molecule has 2 atom stereocenters. The van der Waals surface area contributed by atoms with Gasteiger partial charge in [-0.15, -0.1) is 5.10 Å². The number of H-pyrrole nitrogens is 1. The molecule has 1 aliphatic heterocycles. The first kappa shape index (κ1) is 25.0. The highest BCUT2D eigenvalue weighted by atomic mass is 16.5. The first-order chi connectivity index (χ1) is 16.9. The number of nitrogens with one attached hydrogen (secondary N) is 1. The summed E-state index contributed by atoms with van der Waals surface area (Å²) in [5, 5.41) is 13.2. The molecule has 0 unspecified atom stereocenters. The lowest BCUT2D eigenvalue weighted by molar-refractivity contribution is -0.144. The lowest BCUT2D eigenvalue weighted by atomic mass is 9.99. The Labute approximate surface area is 204 Å². The predicted octanol–water partition coefficient (Wildman–Crippen LogP) is 2.76. The maximum absolute atomic E-state index is 13.0. The van der Waals surface area contributed by atoms with Gasteiger partial charge in [-0.1, -0.05) is 25.5 Å². The van der Waals surface area contributed by atoms with E-state index in [1.807, 2.05) is 25.1 Å². The predicted molar refractivity (Wildman–Crippen MR) is 131 cm³/mol. The van der Waals surface area contributed by atoms with E-state index in [0.717, 1.165) is 35.9 Å². The number of aromatic nitrogens is 5. The van der Waals surface area contributed by atoms with Crippen LogP contribution >= 0.6 is 0 Å². The number of carbonyl (C=O) groups is 1. The van der Waals surface area contributed by atoms with Gasteiger partial charge in [0.05, 0.1) is 18.8 Å². The number of hydrogen-bond acceptors (Lipinski definition) is 8. The van der Waals surface area contributed by atoms with Crippen LogP contribution in [0.3, 0.4) is 0 Å². The quantitative estimate of drug-likeness (QED) is 0.439. The Bertz CT molecular complexity index is 1210. The molecule has 0 amide bonds. The molecular weight excluding hydrogens is 448 g/mol. The fourth-order valence-corrected chi connectivity index (χ4v) is 4.78. The minimum atomic E-state index is -0.393. The van der Waals surface area contributed by atoms with Crippen molar-refractivity contribution in [3.05, 3.63) is 51.6 Å². The summed E-state index contributed by atoms with van der Waals surface area (Å²) in [4.78, 5) is 30.4. The molecule has 0 radical (unpaired) electrons. The SMILES string of the molecule is CCOC(=O)Cn1nnnc1[C@@H](C(C)C)N(Cc1cc2cc(C)ccc2[nH]c1=O)C[C@@H]1CCCO1. The van der Waals surface area contributed by atoms with Crippen LogP contribution in [0.2, 0.25) is 0 Å². The summed E-state index contributed by atoms with van der Waals surface area (Å²) >= 11 is 0. The second kappa shape index (κ2) is 11.1. The number of aromatic amines is 1. The summed E-state index contributed by atoms with van der Waals surface area (Å²) in [6.07, 6.45) is 2.04. The molecule has 10 heteroatoms. The maximum atomic E-state index is 13.0. The average Bonchev–Trinajstić information content (AvgIpc) is 3.47. The maximum Gasteiger partial charge on any atom is 0.327 e. The molecule has 1 saturated heterocycles. The van der Waals surface area contributed by atoms with E-state index in [2.05, 4.69) is 45.3 Å². The molecule has 1 N–H and O–H groups in total. The van der Waals surface area contributed by atoms with E-state index in [9.17, 15) is 9.59 Å². The van der Waals surface area contributed by atoms with Crippen molar-refractivity contribution in [1.82, 2.24) is 30.1 Å². The number of tetrazole rings is 1. The van der Waals surface area contributed by atoms with Crippen LogP contribution in [0.5, 0.6) is 0 Å². The molecule has 3 aromatic rings. The molecule has 1 aromatic carbocycles. The van der Waals surface area contributed by atoms with E-state index in [1.54, 1.807) is 6.92 Å². The number of hydrogen-bond donors (Lipinski definition) is 1. The second-order valence-corrected chi connectivity index (χ2v) is 9.47. The fourth-order valence-electron chi connectivity index (χ4n) is 4.78. The molecule has 4 rings (SSSR count). The Hall–Kier alpha value is -3.11. The van der Waals surface area contributed by atoms with Gasteiger partial charge in [-0.25, -0.2) is 4.68 Å². The monoisotopic (exact) mass is 482 g/mol. The highest BCUT2D eigenvalue weighted by Crippen LogP contribution is 2.30. The normalized spacial score (nSPS) is 16.9. The molecule has 188 valence electrons. The van der Waals surface area contributed by atoms with E-state index in [-0.39, 0.29) is 30.2 Å². The Morgan fingerprint density at radius 3 is 2.89 bits per heavy atom. The van der Waals surface area contributed by atoms with Crippen LogP contribution in [0.1, 0.15) is 56.6 Å². The zero-order valence-corrected chi connectivity index (χ0v) is 20.9. The summed E-state index contributed by atoms with van der Waals surface area (Å²) in [6, 6.07) is 7.71. The van der Waals surface area contributed by atoms with Gasteiger partial charge >= 0.3 is 5.97 Å². The van der Waals surface area contributed by atoms with Gasteiger partial charge in [0, 0.05) is 30.8 Å². The average molecular weight is 483 g/mol. The van der Waals surface area contributed by atoms with E-state index >= 15 is 0 Å². The van der Waals surface area contributed by atoms with Gasteiger partial charge < -0.3 is 14.5 Å². The molecule has 2 aromatic heterocycles. The van der Waals surface area contributed by atoms with Crippen LogP contribution in [0, 0.1) is 12.8 Å². The fraction of sp³-hybridized carbons (Fsp3) is 0.560. The first-order valence-electron chi connectivity index (χ1n) is 12.3. The second-order valence-electron chi connectivity index (χ2n) is 9.47. The number of esters is 1. The van der Waals surface area contributed by atoms with Crippen molar-refractivity contribution in [2.45, 2.75) is 65.8 Å². The van der Waals surface area contributed by atoms with E-state index in [4.69, 9.17) is 9.47 Å². The van der Waals surface area contributed by atoms with Gasteiger partial charge in [0.2, 0.25) is 0 Å². The third-order valence-corrected chi connectivity index (χ3v) is 6.35. The molecule has 1 fully saturated rings. The smallest absolute Gasteiger partial charge is 0.327 e. The number of pyridine rings is 1. The number of benzene rings is 1. The number of carbonyl (C=O) groups excluding carboxylic acids is 1. The van der Waals surface area contributed by atoms with Crippen LogP contribution in [-0.2, 0) is 27.4 Å². The number of aryl methyl sites for hydroxylation is 1. The lowest BCUT2D eigenvalue weighted by Crippen LogP contribution is -2.40. The summed E-state index contributed by atoms with van der Waals surface area (Å²) in [6.45, 7) is 9.96. The van der Waals surface area contributed by atoms with Crippen LogP contribution in [0.4, 0.5) is 0 Å². The van der Waals surface area contributed by atoms with E-state index in [0.29, 0.717) is 31.1 Å². The summed E-state index contributed by atoms with van der Waals surface area (Å²) < 4.78 is 12.6. The van der Waals surface area contributed by atoms with Gasteiger partial charge in [-0.3, -0.25) is 14.5 Å². The third kappa shape index (κ3) is 5.94. The molecule has 35 heavy (non-hydrogen) atoms. The third-order valence-electron chi connectivity index (χ3n) is 6.35. The van der Waals surface area contributed by atoms with Crippen molar-refractivity contribution in [1.29, 1.82) is 0 Å². The highest BCUT2D eigenvalue weighted by Gasteiger charge is 2.33. The van der Waals surface area contributed by atoms with Crippen molar-refractivity contribution >= 4 is 16.9 Å². The standard InChI is InChI=1S/C25H34N6O4/c1-5-34-22(32)15-31-24(27-28-29-31)23(16(2)3)30(14-20-7-6-10-35-20)13-19-12-18-11-17(4)8-9-21(18)26-25(19)33/h8-9,11-12,16,20,23H,5-7,10,13-15H2,1-4H3,(H,26,33)/t20-,23+/m0/s1. The molecule has 0 aliphatic carbocycles. The van der Waals surface area contributed by atoms with Crippen LogP contribution in [0.25, 0.3) is 10.9 Å². The van der Waals surface area contributed by atoms with Gasteiger partial charge in [-0.2, -0.15) is 0 Å². The molecule has 0 saturated carbocycles. The van der Waals surface area contributed by atoms with Gasteiger partial charge in [0.25, 0.3) is 5.56 Å². The summed E-state index contributed by atoms with van der Waals surface area (Å²) in [5.74, 6) is 0.278. The minimum Gasteiger partial charge on any atom is -0.465 e. The molecule has 3 heterocycles. The van der Waals surface area contributed by atoms with Crippen molar-refractivity contribution < 1.29 is 14.3 Å². The first-order valence-corrected chi connectivity index (χ1v) is 12.3. The highest BCUT2D eigenvalue weighted by molar-refractivity contribution is 5.79. The Kier molecular flexibility index (Phi) is 7.92. The van der Waals surface area contributed by atoms with Crippen molar-refractivity contribution in [2.75, 3.05) is 19.8 Å². The van der Waals surface area contributed by atoms with Crippen LogP contribution in [-0.4, -0.2) is 61.9 Å². The van der Waals surface area contributed by atoms with Crippen LogP contribution in [0.15, 0.2) is 29.1 Å². The van der Waals surface area contributed by atoms with E-state index in [1.165, 1.54) is 4.68 Å².